The third kappa shape index (κ3) is 4.04. The first-order valence-corrected chi connectivity index (χ1v) is 8.25. The Morgan fingerprint density at radius 2 is 2.16 bits per heavy atom. The summed E-state index contributed by atoms with van der Waals surface area (Å²) < 4.78 is 37.8. The molecule has 0 saturated carbocycles. The molecular formula is C18H20F2N2O3. The van der Waals surface area contributed by atoms with Crippen molar-refractivity contribution in [3.05, 3.63) is 41.9 Å². The Morgan fingerprint density at radius 3 is 2.92 bits per heavy atom. The fourth-order valence-electron chi connectivity index (χ4n) is 2.85. The smallest absolute Gasteiger partial charge is 0.223 e. The normalized spacial score (nSPS) is 20.7. The van der Waals surface area contributed by atoms with E-state index in [1.165, 1.54) is 12.3 Å². The highest BCUT2D eigenvalue weighted by atomic mass is 19.1. The third-order valence-corrected chi connectivity index (χ3v) is 4.23. The minimum atomic E-state index is -0.713. The first-order chi connectivity index (χ1) is 11.9. The van der Waals surface area contributed by atoms with Crippen LogP contribution in [0.15, 0.2) is 28.8 Å². The zero-order valence-corrected chi connectivity index (χ0v) is 14.2. The molecule has 1 aliphatic rings. The van der Waals surface area contributed by atoms with Gasteiger partial charge < -0.3 is 14.1 Å². The summed E-state index contributed by atoms with van der Waals surface area (Å²) in [5, 5.41) is 0. The average Bonchev–Trinajstić information content (AvgIpc) is 3.03. The number of hydrogen-bond donors (Lipinski definition) is 0. The lowest BCUT2D eigenvalue weighted by Gasteiger charge is -2.36. The molecule has 1 aromatic heterocycles. The van der Waals surface area contributed by atoms with Crippen molar-refractivity contribution in [1.82, 2.24) is 9.88 Å². The van der Waals surface area contributed by atoms with E-state index in [4.69, 9.17) is 9.15 Å². The van der Waals surface area contributed by atoms with Crippen LogP contribution in [0.2, 0.25) is 0 Å². The molecule has 0 aliphatic carbocycles. The van der Waals surface area contributed by atoms with Gasteiger partial charge in [-0.2, -0.15) is 0 Å². The molecule has 0 radical (unpaired) electrons. The fraction of sp³-hybridized carbons (Fsp3) is 0.444. The van der Waals surface area contributed by atoms with Gasteiger partial charge in [0, 0.05) is 25.5 Å². The fourth-order valence-corrected chi connectivity index (χ4v) is 2.85. The van der Waals surface area contributed by atoms with E-state index in [0.717, 1.165) is 12.1 Å². The number of carbonyl (C=O) groups excluding carboxylic acids is 1. The van der Waals surface area contributed by atoms with Crippen LogP contribution in [0, 0.1) is 11.6 Å². The van der Waals surface area contributed by atoms with Crippen LogP contribution in [-0.4, -0.2) is 41.1 Å². The minimum Gasteiger partial charge on any atom is -0.441 e. The topological polar surface area (TPSA) is 55.6 Å². The van der Waals surface area contributed by atoms with Gasteiger partial charge in [-0.15, -0.1) is 0 Å². The van der Waals surface area contributed by atoms with Gasteiger partial charge in [0.2, 0.25) is 5.91 Å². The number of hydrogen-bond acceptors (Lipinski definition) is 4. The first kappa shape index (κ1) is 17.5. The Labute approximate surface area is 144 Å². The molecule has 2 aromatic rings. The number of carbonyl (C=O) groups is 1. The molecule has 3 rings (SSSR count). The monoisotopic (exact) mass is 350 g/mol. The number of rotatable bonds is 4. The summed E-state index contributed by atoms with van der Waals surface area (Å²) in [6.45, 7) is 4.98. The highest BCUT2D eigenvalue weighted by Crippen LogP contribution is 2.24. The van der Waals surface area contributed by atoms with E-state index in [1.807, 2.05) is 13.8 Å². The van der Waals surface area contributed by atoms with Crippen LogP contribution in [-0.2, 0) is 16.0 Å². The van der Waals surface area contributed by atoms with Gasteiger partial charge in [-0.25, -0.2) is 13.8 Å². The minimum absolute atomic E-state index is 0.00960. The Balaban J connectivity index is 1.63. The van der Waals surface area contributed by atoms with Gasteiger partial charge in [-0.05, 0) is 26.0 Å². The molecular weight excluding hydrogens is 330 g/mol. The molecule has 2 unspecified atom stereocenters. The molecule has 2 atom stereocenters. The molecule has 134 valence electrons. The largest absolute Gasteiger partial charge is 0.441 e. The maximum atomic E-state index is 13.8. The van der Waals surface area contributed by atoms with Crippen molar-refractivity contribution < 1.29 is 22.7 Å². The Bertz CT molecular complexity index is 763. The predicted octanol–water partition coefficient (Wildman–Crippen LogP) is 3.19. The van der Waals surface area contributed by atoms with Crippen molar-refractivity contribution in [2.24, 2.45) is 0 Å². The summed E-state index contributed by atoms with van der Waals surface area (Å²) in [5.41, 5.74) is 0.141. The standard InChI is InChI=1S/C18H20F2N2O3/c1-11-10-24-12(2)9-22(11)18(23)6-5-17-21-8-16(25-17)14-4-3-13(19)7-15(14)20/h3-4,7-8,11-12H,5-6,9-10H2,1-2H3. The lowest BCUT2D eigenvalue weighted by molar-refractivity contribution is -0.143. The second-order valence-corrected chi connectivity index (χ2v) is 6.28. The summed E-state index contributed by atoms with van der Waals surface area (Å²) in [6.07, 6.45) is 1.98. The summed E-state index contributed by atoms with van der Waals surface area (Å²) >= 11 is 0. The van der Waals surface area contributed by atoms with Crippen molar-refractivity contribution in [2.45, 2.75) is 38.8 Å². The SMILES string of the molecule is CC1CN(C(=O)CCc2ncc(-c3ccc(F)cc3F)o2)C(C)CO1. The molecule has 7 heteroatoms. The number of oxazole rings is 1. The van der Waals surface area contributed by atoms with Gasteiger partial charge in [0.05, 0.1) is 30.5 Å². The molecule has 1 saturated heterocycles. The molecule has 1 fully saturated rings. The van der Waals surface area contributed by atoms with Gasteiger partial charge >= 0.3 is 0 Å². The zero-order valence-electron chi connectivity index (χ0n) is 14.2. The van der Waals surface area contributed by atoms with E-state index >= 15 is 0 Å². The lowest BCUT2D eigenvalue weighted by atomic mass is 10.1. The quantitative estimate of drug-likeness (QED) is 0.850. The number of benzene rings is 1. The van der Waals surface area contributed by atoms with Crippen LogP contribution in [0.3, 0.4) is 0 Å². The lowest BCUT2D eigenvalue weighted by Crippen LogP contribution is -2.50. The number of morpholine rings is 1. The molecule has 0 bridgehead atoms. The Morgan fingerprint density at radius 1 is 1.36 bits per heavy atom. The van der Waals surface area contributed by atoms with E-state index in [2.05, 4.69) is 4.98 Å². The maximum Gasteiger partial charge on any atom is 0.223 e. The summed E-state index contributed by atoms with van der Waals surface area (Å²) in [4.78, 5) is 18.3. The predicted molar refractivity (Wildman–Crippen MR) is 86.8 cm³/mol. The summed E-state index contributed by atoms with van der Waals surface area (Å²) in [7, 11) is 0. The van der Waals surface area contributed by atoms with Crippen LogP contribution in [0.4, 0.5) is 8.78 Å². The maximum absolute atomic E-state index is 13.8. The van der Waals surface area contributed by atoms with Crippen LogP contribution in [0.25, 0.3) is 11.3 Å². The number of aromatic nitrogens is 1. The number of ether oxygens (including phenoxy) is 1. The molecule has 1 aromatic carbocycles. The van der Waals surface area contributed by atoms with E-state index in [1.54, 1.807) is 4.90 Å². The van der Waals surface area contributed by atoms with Gasteiger partial charge in [0.15, 0.2) is 11.7 Å². The van der Waals surface area contributed by atoms with Crippen LogP contribution < -0.4 is 0 Å². The second-order valence-electron chi connectivity index (χ2n) is 6.28. The molecule has 1 aliphatic heterocycles. The van der Waals surface area contributed by atoms with Crippen molar-refractivity contribution in [2.75, 3.05) is 13.2 Å². The van der Waals surface area contributed by atoms with E-state index < -0.39 is 11.6 Å². The van der Waals surface area contributed by atoms with Crippen LogP contribution in [0.1, 0.15) is 26.2 Å². The van der Waals surface area contributed by atoms with E-state index in [0.29, 0.717) is 25.5 Å². The second kappa shape index (κ2) is 7.31. The van der Waals surface area contributed by atoms with Gasteiger partial charge in [-0.3, -0.25) is 4.79 Å². The number of amides is 1. The van der Waals surface area contributed by atoms with Crippen molar-refractivity contribution >= 4 is 5.91 Å². The third-order valence-electron chi connectivity index (χ3n) is 4.23. The van der Waals surface area contributed by atoms with Crippen molar-refractivity contribution in [3.63, 3.8) is 0 Å². The van der Waals surface area contributed by atoms with Gasteiger partial charge in [-0.1, -0.05) is 0 Å². The average molecular weight is 350 g/mol. The van der Waals surface area contributed by atoms with Crippen molar-refractivity contribution in [3.8, 4) is 11.3 Å². The highest BCUT2D eigenvalue weighted by molar-refractivity contribution is 5.76. The summed E-state index contributed by atoms with van der Waals surface area (Å²) in [5.74, 6) is -0.792. The van der Waals surface area contributed by atoms with E-state index in [-0.39, 0.29) is 35.8 Å². The highest BCUT2D eigenvalue weighted by Gasteiger charge is 2.27. The number of halogens is 2. The number of aryl methyl sites for hydroxylation is 1. The Hall–Kier alpha value is -2.28. The van der Waals surface area contributed by atoms with Crippen molar-refractivity contribution in [1.29, 1.82) is 0 Å². The molecule has 25 heavy (non-hydrogen) atoms. The molecule has 5 nitrogen and oxygen atoms in total. The molecule has 1 amide bonds. The first-order valence-electron chi connectivity index (χ1n) is 8.25. The van der Waals surface area contributed by atoms with E-state index in [9.17, 15) is 13.6 Å². The van der Waals surface area contributed by atoms with Gasteiger partial charge in [0.25, 0.3) is 0 Å². The molecule has 0 N–H and O–H groups in total. The van der Waals surface area contributed by atoms with Gasteiger partial charge in [0.1, 0.15) is 11.6 Å². The number of nitrogens with zero attached hydrogens (tertiary/aromatic N) is 2. The Kier molecular flexibility index (Phi) is 5.13. The summed E-state index contributed by atoms with van der Waals surface area (Å²) in [6, 6.07) is 3.29. The molecule has 2 heterocycles. The van der Waals surface area contributed by atoms with Crippen LogP contribution in [0.5, 0.6) is 0 Å². The van der Waals surface area contributed by atoms with Crippen LogP contribution >= 0.6 is 0 Å². The molecule has 0 spiro atoms. The zero-order chi connectivity index (χ0) is 18.0.